The van der Waals surface area contributed by atoms with E-state index in [4.69, 9.17) is 5.73 Å². The van der Waals surface area contributed by atoms with Gasteiger partial charge in [-0.3, -0.25) is 0 Å². The zero-order chi connectivity index (χ0) is 20.2. The molecule has 0 saturated carbocycles. The molecular formula is C19H23F3N2O2S. The Balaban J connectivity index is 2.43. The maximum Gasteiger partial charge on any atom is 0.416 e. The molecule has 0 aliphatic heterocycles. The average molecular weight is 400 g/mol. The Morgan fingerprint density at radius 1 is 1.07 bits per heavy atom. The summed E-state index contributed by atoms with van der Waals surface area (Å²) in [5, 5.41) is 0. The summed E-state index contributed by atoms with van der Waals surface area (Å²) in [6, 6.07) is 6.53. The summed E-state index contributed by atoms with van der Waals surface area (Å²) in [6.45, 7) is 2.03. The minimum atomic E-state index is -4.54. The number of nitrogens with two attached hydrogens (primary N) is 1. The number of halogens is 3. The van der Waals surface area contributed by atoms with E-state index < -0.39 is 21.6 Å². The van der Waals surface area contributed by atoms with Gasteiger partial charge in [-0.05, 0) is 31.0 Å². The molecule has 4 nitrogen and oxygen atoms in total. The van der Waals surface area contributed by atoms with E-state index in [-0.39, 0.29) is 28.4 Å². The summed E-state index contributed by atoms with van der Waals surface area (Å²) in [5.74, 6) is -0.136. The number of benzene rings is 1. The number of nitrogen functional groups attached to an aromatic ring is 1. The number of unbranched alkanes of at least 4 members (excludes halogenated alkanes) is 3. The van der Waals surface area contributed by atoms with Gasteiger partial charge in [0.05, 0.1) is 16.2 Å². The molecule has 2 N–H and O–H groups in total. The second-order valence-corrected chi connectivity index (χ2v) is 8.54. The van der Waals surface area contributed by atoms with Crippen LogP contribution in [0.5, 0.6) is 0 Å². The Bertz CT molecular complexity index is 892. The first-order valence-electron chi connectivity index (χ1n) is 8.71. The minimum Gasteiger partial charge on any atom is -0.383 e. The Hall–Kier alpha value is -2.09. The first-order valence-corrected chi connectivity index (χ1v) is 10.6. The quantitative estimate of drug-likeness (QED) is 0.673. The third-order valence-corrected chi connectivity index (χ3v) is 5.45. The summed E-state index contributed by atoms with van der Waals surface area (Å²) in [5.41, 5.74) is 5.54. The van der Waals surface area contributed by atoms with Crippen LogP contribution in [-0.2, 0) is 22.4 Å². The molecule has 27 heavy (non-hydrogen) atoms. The van der Waals surface area contributed by atoms with Crippen LogP contribution in [0.25, 0.3) is 11.3 Å². The lowest BCUT2D eigenvalue weighted by molar-refractivity contribution is -0.138. The number of hydrogen-bond donors (Lipinski definition) is 1. The molecule has 0 amide bonds. The summed E-state index contributed by atoms with van der Waals surface area (Å²) < 4.78 is 63.7. The predicted molar refractivity (Wildman–Crippen MR) is 100 cm³/mol. The van der Waals surface area contributed by atoms with Gasteiger partial charge in [-0.2, -0.15) is 13.2 Å². The number of sulfone groups is 1. The number of pyridine rings is 1. The lowest BCUT2D eigenvalue weighted by Crippen LogP contribution is -2.13. The highest BCUT2D eigenvalue weighted by molar-refractivity contribution is 7.90. The van der Waals surface area contributed by atoms with E-state index in [1.165, 1.54) is 24.3 Å². The van der Waals surface area contributed by atoms with Crippen molar-refractivity contribution in [3.8, 4) is 11.3 Å². The van der Waals surface area contributed by atoms with Gasteiger partial charge < -0.3 is 5.73 Å². The smallest absolute Gasteiger partial charge is 0.383 e. The van der Waals surface area contributed by atoms with Crippen LogP contribution in [0, 0.1) is 0 Å². The Labute approximate surface area is 157 Å². The van der Waals surface area contributed by atoms with Gasteiger partial charge in [0.1, 0.15) is 5.82 Å². The van der Waals surface area contributed by atoms with Gasteiger partial charge in [0, 0.05) is 17.4 Å². The fourth-order valence-corrected chi connectivity index (χ4v) is 3.49. The SMILES string of the molecule is CCCCCCc1c(C(F)(F)F)cc(-c2ccc(S(C)(=O)=O)cc2)nc1N. The number of nitrogens with zero attached hydrogens (tertiary/aromatic N) is 1. The molecule has 2 rings (SSSR count). The molecule has 0 bridgehead atoms. The first-order chi connectivity index (χ1) is 12.5. The van der Waals surface area contributed by atoms with Crippen molar-refractivity contribution >= 4 is 15.7 Å². The monoisotopic (exact) mass is 400 g/mol. The van der Waals surface area contributed by atoms with Gasteiger partial charge in [-0.1, -0.05) is 38.3 Å². The number of anilines is 1. The molecule has 0 unspecified atom stereocenters. The average Bonchev–Trinajstić information content (AvgIpc) is 2.58. The Morgan fingerprint density at radius 2 is 1.70 bits per heavy atom. The molecule has 0 fully saturated rings. The summed E-state index contributed by atoms with van der Waals surface area (Å²) in [7, 11) is -3.39. The van der Waals surface area contributed by atoms with Crippen molar-refractivity contribution in [2.75, 3.05) is 12.0 Å². The van der Waals surface area contributed by atoms with Crippen molar-refractivity contribution in [3.63, 3.8) is 0 Å². The Morgan fingerprint density at radius 3 is 2.22 bits per heavy atom. The molecule has 0 saturated heterocycles. The number of rotatable bonds is 7. The first kappa shape index (κ1) is 21.2. The highest BCUT2D eigenvalue weighted by Crippen LogP contribution is 2.37. The van der Waals surface area contributed by atoms with E-state index in [9.17, 15) is 21.6 Å². The van der Waals surface area contributed by atoms with E-state index in [0.717, 1.165) is 31.6 Å². The summed E-state index contributed by atoms with van der Waals surface area (Å²) in [4.78, 5) is 4.22. The second-order valence-electron chi connectivity index (χ2n) is 6.52. The number of aromatic nitrogens is 1. The maximum absolute atomic E-state index is 13.6. The van der Waals surface area contributed by atoms with Gasteiger partial charge in [-0.15, -0.1) is 0 Å². The number of hydrogen-bond acceptors (Lipinski definition) is 4. The van der Waals surface area contributed by atoms with E-state index >= 15 is 0 Å². The van der Waals surface area contributed by atoms with Crippen molar-refractivity contribution < 1.29 is 21.6 Å². The Kier molecular flexibility index (Phi) is 6.51. The fourth-order valence-electron chi connectivity index (χ4n) is 2.86. The van der Waals surface area contributed by atoms with Gasteiger partial charge in [0.2, 0.25) is 0 Å². The zero-order valence-electron chi connectivity index (χ0n) is 15.3. The molecule has 1 aromatic heterocycles. The molecule has 0 atom stereocenters. The fraction of sp³-hybridized carbons (Fsp3) is 0.421. The van der Waals surface area contributed by atoms with E-state index in [2.05, 4.69) is 4.98 Å². The summed E-state index contributed by atoms with van der Waals surface area (Å²) >= 11 is 0. The van der Waals surface area contributed by atoms with Crippen LogP contribution in [0.2, 0.25) is 0 Å². The van der Waals surface area contributed by atoms with Crippen LogP contribution in [-0.4, -0.2) is 19.7 Å². The lowest BCUT2D eigenvalue weighted by Gasteiger charge is -2.16. The standard InChI is InChI=1S/C19H23F3N2O2S/c1-3-4-5-6-7-15-16(19(20,21)22)12-17(24-18(15)23)13-8-10-14(11-9-13)27(2,25)26/h8-12H,3-7H2,1-2H3,(H2,23,24). The molecule has 0 radical (unpaired) electrons. The predicted octanol–water partition coefficient (Wildman–Crippen LogP) is 4.88. The van der Waals surface area contributed by atoms with Crippen LogP contribution in [0.3, 0.4) is 0 Å². The van der Waals surface area contributed by atoms with Crippen molar-refractivity contribution in [2.45, 2.75) is 50.1 Å². The molecule has 0 spiro atoms. The van der Waals surface area contributed by atoms with E-state index in [1.54, 1.807) is 0 Å². The summed E-state index contributed by atoms with van der Waals surface area (Å²) in [6.07, 6.45) is 0.141. The number of alkyl halides is 3. The second kappa shape index (κ2) is 8.29. The lowest BCUT2D eigenvalue weighted by atomic mass is 9.99. The zero-order valence-corrected chi connectivity index (χ0v) is 16.1. The van der Waals surface area contributed by atoms with Crippen LogP contribution in [0.1, 0.15) is 43.7 Å². The van der Waals surface area contributed by atoms with Crippen LogP contribution in [0.15, 0.2) is 35.2 Å². The third-order valence-electron chi connectivity index (χ3n) is 4.32. The maximum atomic E-state index is 13.6. The highest BCUT2D eigenvalue weighted by Gasteiger charge is 2.35. The molecule has 0 aliphatic rings. The van der Waals surface area contributed by atoms with E-state index in [0.29, 0.717) is 12.0 Å². The van der Waals surface area contributed by atoms with Crippen molar-refractivity contribution in [1.82, 2.24) is 4.98 Å². The highest BCUT2D eigenvalue weighted by atomic mass is 32.2. The minimum absolute atomic E-state index is 0.0232. The van der Waals surface area contributed by atoms with Gasteiger partial charge >= 0.3 is 6.18 Å². The van der Waals surface area contributed by atoms with Gasteiger partial charge in [0.15, 0.2) is 9.84 Å². The van der Waals surface area contributed by atoms with Gasteiger partial charge in [-0.25, -0.2) is 13.4 Å². The van der Waals surface area contributed by atoms with Crippen LogP contribution >= 0.6 is 0 Å². The van der Waals surface area contributed by atoms with E-state index in [1.807, 2.05) is 6.92 Å². The largest absolute Gasteiger partial charge is 0.416 e. The molecular weight excluding hydrogens is 377 g/mol. The molecule has 2 aromatic rings. The van der Waals surface area contributed by atoms with Crippen molar-refractivity contribution in [3.05, 3.63) is 41.5 Å². The third kappa shape index (κ3) is 5.45. The van der Waals surface area contributed by atoms with Crippen LogP contribution < -0.4 is 5.73 Å². The van der Waals surface area contributed by atoms with Gasteiger partial charge in [0.25, 0.3) is 0 Å². The molecule has 148 valence electrons. The normalized spacial score (nSPS) is 12.3. The van der Waals surface area contributed by atoms with Crippen molar-refractivity contribution in [2.24, 2.45) is 0 Å². The molecule has 1 heterocycles. The van der Waals surface area contributed by atoms with Crippen LogP contribution in [0.4, 0.5) is 19.0 Å². The molecule has 8 heteroatoms. The molecule has 0 aliphatic carbocycles. The van der Waals surface area contributed by atoms with Crippen molar-refractivity contribution in [1.29, 1.82) is 0 Å². The molecule has 1 aromatic carbocycles. The topological polar surface area (TPSA) is 73.0 Å².